The van der Waals surface area contributed by atoms with Gasteiger partial charge in [-0.15, -0.1) is 13.2 Å². The van der Waals surface area contributed by atoms with Crippen LogP contribution in [0.1, 0.15) is 18.2 Å². The molecule has 6 nitrogen and oxygen atoms in total. The quantitative estimate of drug-likeness (QED) is 0.536. The minimum absolute atomic E-state index is 0.00616. The highest BCUT2D eigenvalue weighted by Gasteiger charge is 2.35. The molecular formula is C19H12ClF4N3O3. The summed E-state index contributed by atoms with van der Waals surface area (Å²) in [6.07, 6.45) is -4.74. The number of hydrogen-bond donors (Lipinski definition) is 0. The number of ether oxygens (including phenoxy) is 1. The van der Waals surface area contributed by atoms with Crippen molar-refractivity contribution in [3.8, 4) is 17.2 Å². The first-order valence-corrected chi connectivity index (χ1v) is 9.02. The van der Waals surface area contributed by atoms with Gasteiger partial charge < -0.3 is 14.2 Å². The zero-order chi connectivity index (χ0) is 21.5. The summed E-state index contributed by atoms with van der Waals surface area (Å²) in [5.41, 5.74) is 0.677. The van der Waals surface area contributed by atoms with Crippen LogP contribution in [0, 0.1) is 5.82 Å². The molecule has 156 valence electrons. The summed E-state index contributed by atoms with van der Waals surface area (Å²) in [6.45, 7) is 0.219. The van der Waals surface area contributed by atoms with Crippen molar-refractivity contribution in [2.75, 3.05) is 11.4 Å². The number of anilines is 1. The molecule has 1 aliphatic rings. The van der Waals surface area contributed by atoms with E-state index in [0.29, 0.717) is 5.69 Å². The Morgan fingerprint density at radius 2 is 2.00 bits per heavy atom. The second-order valence-corrected chi connectivity index (χ2v) is 6.94. The molecule has 0 N–H and O–H groups in total. The largest absolute Gasteiger partial charge is 0.573 e. The fourth-order valence-electron chi connectivity index (χ4n) is 3.13. The number of hydrogen-bond acceptors (Lipinski definition) is 5. The predicted molar refractivity (Wildman–Crippen MR) is 97.5 cm³/mol. The molecule has 3 aromatic rings. The van der Waals surface area contributed by atoms with Crippen LogP contribution in [0.4, 0.5) is 23.2 Å². The normalized spacial score (nSPS) is 16.9. The summed E-state index contributed by atoms with van der Waals surface area (Å²) in [4.78, 5) is 18.0. The fraction of sp³-hybridized carbons (Fsp3) is 0.211. The first-order chi connectivity index (χ1) is 14.2. The van der Waals surface area contributed by atoms with Crippen molar-refractivity contribution in [1.82, 2.24) is 10.1 Å². The van der Waals surface area contributed by atoms with Gasteiger partial charge in [0.2, 0.25) is 5.91 Å². The molecule has 1 aromatic heterocycles. The minimum Gasteiger partial charge on any atom is -0.406 e. The maximum Gasteiger partial charge on any atom is 0.573 e. The topological polar surface area (TPSA) is 68.5 Å². The van der Waals surface area contributed by atoms with Crippen molar-refractivity contribution in [2.24, 2.45) is 0 Å². The van der Waals surface area contributed by atoms with Gasteiger partial charge in [-0.2, -0.15) is 4.98 Å². The Labute approximate surface area is 172 Å². The summed E-state index contributed by atoms with van der Waals surface area (Å²) in [5, 5.41) is 3.75. The highest BCUT2D eigenvalue weighted by atomic mass is 35.5. The Morgan fingerprint density at radius 3 is 2.73 bits per heavy atom. The Kier molecular flexibility index (Phi) is 5.10. The van der Waals surface area contributed by atoms with E-state index in [1.54, 1.807) is 0 Å². The number of carbonyl (C=O) groups is 1. The third-order valence-electron chi connectivity index (χ3n) is 4.46. The minimum atomic E-state index is -4.82. The van der Waals surface area contributed by atoms with Crippen molar-refractivity contribution in [2.45, 2.75) is 18.7 Å². The van der Waals surface area contributed by atoms with Gasteiger partial charge in [-0.25, -0.2) is 4.39 Å². The lowest BCUT2D eigenvalue weighted by Gasteiger charge is -2.16. The monoisotopic (exact) mass is 441 g/mol. The number of halogens is 5. The molecule has 0 spiro atoms. The van der Waals surface area contributed by atoms with Gasteiger partial charge in [-0.1, -0.05) is 22.8 Å². The van der Waals surface area contributed by atoms with Gasteiger partial charge in [0, 0.05) is 30.1 Å². The van der Waals surface area contributed by atoms with Crippen LogP contribution in [0.5, 0.6) is 5.75 Å². The maximum atomic E-state index is 13.4. The van der Waals surface area contributed by atoms with Crippen molar-refractivity contribution in [3.05, 3.63) is 59.1 Å². The lowest BCUT2D eigenvalue weighted by molar-refractivity contribution is -0.274. The number of carbonyl (C=O) groups excluding carboxylic acids is 1. The second kappa shape index (κ2) is 7.60. The van der Waals surface area contributed by atoms with Crippen LogP contribution >= 0.6 is 11.6 Å². The van der Waals surface area contributed by atoms with Gasteiger partial charge in [-0.3, -0.25) is 4.79 Å². The maximum absolute atomic E-state index is 13.4. The Balaban J connectivity index is 1.53. The fourth-order valence-corrected chi connectivity index (χ4v) is 3.30. The Bertz CT molecular complexity index is 1100. The standard InChI is InChI=1S/C19H12ClF4N3O3/c20-14-8-12(4-5-15(14)21)27-9-11(7-16(27)28)17-25-18(30-26-17)10-2-1-3-13(6-10)29-19(22,23)24/h1-6,8,11H,7,9H2. The van der Waals surface area contributed by atoms with Crippen LogP contribution in [-0.2, 0) is 4.79 Å². The smallest absolute Gasteiger partial charge is 0.406 e. The summed E-state index contributed by atoms with van der Waals surface area (Å²) < 4.78 is 59.6. The number of nitrogens with zero attached hydrogens (tertiary/aromatic N) is 3. The van der Waals surface area contributed by atoms with E-state index in [4.69, 9.17) is 16.1 Å². The Morgan fingerprint density at radius 1 is 1.20 bits per heavy atom. The molecule has 1 aliphatic heterocycles. The predicted octanol–water partition coefficient (Wildman–Crippen LogP) is 4.95. The van der Waals surface area contributed by atoms with E-state index in [-0.39, 0.29) is 41.2 Å². The van der Waals surface area contributed by atoms with E-state index >= 15 is 0 Å². The highest BCUT2D eigenvalue weighted by molar-refractivity contribution is 6.31. The number of benzene rings is 2. The number of aromatic nitrogens is 2. The molecule has 11 heteroatoms. The van der Waals surface area contributed by atoms with Crippen LogP contribution in [0.15, 0.2) is 47.0 Å². The SMILES string of the molecule is O=C1CC(c2noc(-c3cccc(OC(F)(F)F)c3)n2)CN1c1ccc(F)c(Cl)c1. The molecule has 0 saturated carbocycles. The average molecular weight is 442 g/mol. The zero-order valence-corrected chi connectivity index (χ0v) is 15.7. The molecule has 1 fully saturated rings. The van der Waals surface area contributed by atoms with Gasteiger partial charge in [0.1, 0.15) is 11.6 Å². The van der Waals surface area contributed by atoms with Gasteiger partial charge in [0.15, 0.2) is 5.82 Å². The van der Waals surface area contributed by atoms with Gasteiger partial charge >= 0.3 is 6.36 Å². The van der Waals surface area contributed by atoms with Crippen LogP contribution < -0.4 is 9.64 Å². The van der Waals surface area contributed by atoms with Crippen molar-refractivity contribution in [3.63, 3.8) is 0 Å². The van der Waals surface area contributed by atoms with Crippen molar-refractivity contribution >= 4 is 23.2 Å². The molecule has 4 rings (SSSR count). The molecule has 1 unspecified atom stereocenters. The number of alkyl halides is 3. The molecule has 1 amide bonds. The summed E-state index contributed by atoms with van der Waals surface area (Å²) in [6, 6.07) is 9.08. The molecule has 1 saturated heterocycles. The molecule has 2 aromatic carbocycles. The van der Waals surface area contributed by atoms with E-state index < -0.39 is 23.8 Å². The number of rotatable bonds is 4. The van der Waals surface area contributed by atoms with E-state index in [1.165, 1.54) is 35.2 Å². The first-order valence-electron chi connectivity index (χ1n) is 8.65. The third-order valence-corrected chi connectivity index (χ3v) is 4.75. The highest BCUT2D eigenvalue weighted by Crippen LogP contribution is 2.34. The molecule has 2 heterocycles. The molecule has 30 heavy (non-hydrogen) atoms. The van der Waals surface area contributed by atoms with E-state index in [1.807, 2.05) is 0 Å². The number of amides is 1. The first kappa shape index (κ1) is 20.1. The van der Waals surface area contributed by atoms with E-state index in [9.17, 15) is 22.4 Å². The summed E-state index contributed by atoms with van der Waals surface area (Å²) in [7, 11) is 0. The Hall–Kier alpha value is -3.14. The van der Waals surface area contributed by atoms with Gasteiger partial charge in [0.25, 0.3) is 5.89 Å². The zero-order valence-electron chi connectivity index (χ0n) is 15.0. The third kappa shape index (κ3) is 4.23. The molecule has 0 radical (unpaired) electrons. The van der Waals surface area contributed by atoms with Crippen LogP contribution in [0.3, 0.4) is 0 Å². The molecule has 1 atom stereocenters. The van der Waals surface area contributed by atoms with Gasteiger partial charge in [-0.05, 0) is 36.4 Å². The van der Waals surface area contributed by atoms with E-state index in [0.717, 1.165) is 12.1 Å². The van der Waals surface area contributed by atoms with Crippen LogP contribution in [0.2, 0.25) is 5.02 Å². The second-order valence-electron chi connectivity index (χ2n) is 6.54. The summed E-state index contributed by atoms with van der Waals surface area (Å²) in [5.74, 6) is -1.43. The lowest BCUT2D eigenvalue weighted by atomic mass is 10.1. The van der Waals surface area contributed by atoms with Crippen molar-refractivity contribution in [1.29, 1.82) is 0 Å². The summed E-state index contributed by atoms with van der Waals surface area (Å²) >= 11 is 5.78. The molecule has 0 aliphatic carbocycles. The van der Waals surface area contributed by atoms with Gasteiger partial charge in [0.05, 0.1) is 5.02 Å². The van der Waals surface area contributed by atoms with Crippen LogP contribution in [0.25, 0.3) is 11.5 Å². The molecule has 0 bridgehead atoms. The molecular weight excluding hydrogens is 430 g/mol. The van der Waals surface area contributed by atoms with Crippen LogP contribution in [-0.4, -0.2) is 29.0 Å². The lowest BCUT2D eigenvalue weighted by Crippen LogP contribution is -2.24. The van der Waals surface area contributed by atoms with E-state index in [2.05, 4.69) is 14.9 Å². The average Bonchev–Trinajstić information content (AvgIpc) is 3.30. The van der Waals surface area contributed by atoms with Crippen molar-refractivity contribution < 1.29 is 31.6 Å².